The van der Waals surface area contributed by atoms with Gasteiger partial charge in [0.1, 0.15) is 0 Å². The zero-order chi connectivity index (χ0) is 37.2. The molecule has 1 aromatic heterocycles. The molecule has 0 nitrogen and oxygen atoms in total. The molecule has 13 rings (SSSR count). The molecule has 0 fully saturated rings. The van der Waals surface area contributed by atoms with E-state index in [9.17, 15) is 0 Å². The Morgan fingerprint density at radius 2 is 0.702 bits per heavy atom. The van der Waals surface area contributed by atoms with Gasteiger partial charge < -0.3 is 0 Å². The van der Waals surface area contributed by atoms with Crippen LogP contribution in [-0.2, 0) is 0 Å². The second-order valence-electron chi connectivity index (χ2n) is 15.6. The predicted molar refractivity (Wildman–Crippen MR) is 249 cm³/mol. The van der Waals surface area contributed by atoms with Crippen LogP contribution in [0, 0.1) is 0 Å². The zero-order valence-electron chi connectivity index (χ0n) is 30.9. The Morgan fingerprint density at radius 1 is 0.228 bits per heavy atom. The maximum Gasteiger partial charge on any atom is 0.0362 e. The molecule has 0 radical (unpaired) electrons. The lowest BCUT2D eigenvalue weighted by molar-refractivity contribution is 1.64. The molecule has 13 aromatic rings. The quantitative estimate of drug-likeness (QED) is 0.158. The van der Waals surface area contributed by atoms with Crippen molar-refractivity contribution in [3.8, 4) is 33.4 Å². The van der Waals surface area contributed by atoms with E-state index in [1.54, 1.807) is 0 Å². The van der Waals surface area contributed by atoms with E-state index in [1.807, 2.05) is 11.3 Å². The molecule has 0 saturated heterocycles. The van der Waals surface area contributed by atoms with Gasteiger partial charge in [-0.1, -0.05) is 158 Å². The van der Waals surface area contributed by atoms with Gasteiger partial charge in [0.2, 0.25) is 0 Å². The minimum atomic E-state index is 1.24. The highest BCUT2D eigenvalue weighted by atomic mass is 32.1. The largest absolute Gasteiger partial charge is 0.135 e. The van der Waals surface area contributed by atoms with Crippen LogP contribution in [0.15, 0.2) is 194 Å². The smallest absolute Gasteiger partial charge is 0.0362 e. The van der Waals surface area contributed by atoms with E-state index in [4.69, 9.17) is 0 Å². The van der Waals surface area contributed by atoms with Crippen molar-refractivity contribution in [1.29, 1.82) is 0 Å². The summed E-state index contributed by atoms with van der Waals surface area (Å²) in [5, 5.41) is 20.9. The number of thiophene rings is 1. The summed E-state index contributed by atoms with van der Waals surface area (Å²) < 4.78 is 2.66. The van der Waals surface area contributed by atoms with Crippen LogP contribution in [0.4, 0.5) is 0 Å². The van der Waals surface area contributed by atoms with Gasteiger partial charge in [-0.3, -0.25) is 0 Å². The molecule has 0 aliphatic heterocycles. The second-order valence-corrected chi connectivity index (χ2v) is 16.7. The second kappa shape index (κ2) is 11.7. The summed E-state index contributed by atoms with van der Waals surface area (Å²) in [5.41, 5.74) is 7.55. The molecule has 0 amide bonds. The highest BCUT2D eigenvalue weighted by molar-refractivity contribution is 7.25. The van der Waals surface area contributed by atoms with Gasteiger partial charge in [0, 0.05) is 20.2 Å². The van der Waals surface area contributed by atoms with E-state index >= 15 is 0 Å². The molecule has 0 aliphatic rings. The first-order valence-corrected chi connectivity index (χ1v) is 20.6. The Bertz CT molecular complexity index is 3790. The van der Waals surface area contributed by atoms with Gasteiger partial charge in [0.25, 0.3) is 0 Å². The standard InChI is InChI=1S/C56H32S/c1-2-8-33(9-3-1)36-14-15-38-29-39(17-16-37(38)28-36)41-23-18-34-21-26-48-42(24-19-35-20-25-47(41)55(34)56(35)48)40-22-27-53-51(30-40)52-31-49-45-12-6-4-10-43(45)44-11-5-7-13-46(44)50(49)32-54(52)57-53/h1-32H. The first-order valence-electron chi connectivity index (χ1n) is 19.7. The zero-order valence-corrected chi connectivity index (χ0v) is 31.7. The highest BCUT2D eigenvalue weighted by Crippen LogP contribution is 2.46. The monoisotopic (exact) mass is 736 g/mol. The van der Waals surface area contributed by atoms with E-state index in [-0.39, 0.29) is 0 Å². The van der Waals surface area contributed by atoms with Crippen LogP contribution in [0.3, 0.4) is 0 Å². The molecule has 0 saturated carbocycles. The summed E-state index contributed by atoms with van der Waals surface area (Å²) in [6.45, 7) is 0. The summed E-state index contributed by atoms with van der Waals surface area (Å²) in [6, 6.07) is 72.8. The maximum absolute atomic E-state index is 2.46. The summed E-state index contributed by atoms with van der Waals surface area (Å²) in [6.07, 6.45) is 0. The molecule has 0 atom stereocenters. The number of benzene rings is 12. The van der Waals surface area contributed by atoms with Crippen molar-refractivity contribution >= 4 is 107 Å². The number of hydrogen-bond donors (Lipinski definition) is 0. The number of rotatable bonds is 3. The molecule has 1 heteroatoms. The summed E-state index contributed by atoms with van der Waals surface area (Å²) in [4.78, 5) is 0. The average molecular weight is 737 g/mol. The van der Waals surface area contributed by atoms with Crippen molar-refractivity contribution in [3.63, 3.8) is 0 Å². The maximum atomic E-state index is 2.46. The fraction of sp³-hybridized carbons (Fsp3) is 0. The van der Waals surface area contributed by atoms with E-state index in [2.05, 4.69) is 194 Å². The minimum absolute atomic E-state index is 1.24. The highest BCUT2D eigenvalue weighted by Gasteiger charge is 2.17. The lowest BCUT2D eigenvalue weighted by atomic mass is 9.87. The van der Waals surface area contributed by atoms with E-state index in [0.717, 1.165) is 0 Å². The molecule has 0 bridgehead atoms. The van der Waals surface area contributed by atoms with Crippen molar-refractivity contribution in [2.75, 3.05) is 0 Å². The van der Waals surface area contributed by atoms with Crippen molar-refractivity contribution in [2.24, 2.45) is 0 Å². The third kappa shape index (κ3) is 4.55. The van der Waals surface area contributed by atoms with Crippen LogP contribution < -0.4 is 0 Å². The first-order chi connectivity index (χ1) is 28.2. The summed E-state index contributed by atoms with van der Waals surface area (Å²) >= 11 is 1.90. The molecular weight excluding hydrogens is 705 g/mol. The SMILES string of the molecule is c1ccc(-c2ccc3cc(-c4ccc5ccc6c(-c7ccc8sc9cc%10c%11ccccc%11c%11ccccc%11c%10cc9c8c7)ccc7ccc4c5c76)ccc3c2)cc1. The Balaban J connectivity index is 0.979. The molecule has 1 heterocycles. The van der Waals surface area contributed by atoms with Gasteiger partial charge in [0.05, 0.1) is 0 Å². The number of hydrogen-bond acceptors (Lipinski definition) is 1. The van der Waals surface area contributed by atoms with Gasteiger partial charge in [0.15, 0.2) is 0 Å². The molecule has 0 spiro atoms. The third-order valence-corrected chi connectivity index (χ3v) is 13.7. The van der Waals surface area contributed by atoms with Crippen LogP contribution in [0.1, 0.15) is 0 Å². The van der Waals surface area contributed by atoms with Crippen molar-refractivity contribution in [2.45, 2.75) is 0 Å². The van der Waals surface area contributed by atoms with Gasteiger partial charge in [-0.25, -0.2) is 0 Å². The Hall–Kier alpha value is -7.06. The summed E-state index contributed by atoms with van der Waals surface area (Å²) in [5.74, 6) is 0. The third-order valence-electron chi connectivity index (χ3n) is 12.6. The Labute approximate surface area is 332 Å². The fourth-order valence-corrected chi connectivity index (χ4v) is 11.0. The van der Waals surface area contributed by atoms with Gasteiger partial charge in [-0.05, 0) is 145 Å². The number of fused-ring (bicyclic) bond motifs is 10. The first kappa shape index (κ1) is 31.2. The normalized spacial score (nSPS) is 12.2. The molecule has 0 N–H and O–H groups in total. The Morgan fingerprint density at radius 3 is 1.35 bits per heavy atom. The van der Waals surface area contributed by atoms with Crippen LogP contribution in [0.2, 0.25) is 0 Å². The van der Waals surface area contributed by atoms with Crippen molar-refractivity contribution in [3.05, 3.63) is 194 Å². The van der Waals surface area contributed by atoms with Gasteiger partial charge in [-0.2, -0.15) is 0 Å². The lowest BCUT2D eigenvalue weighted by Crippen LogP contribution is -1.89. The fourth-order valence-electron chi connectivity index (χ4n) is 9.87. The minimum Gasteiger partial charge on any atom is -0.135 e. The molecule has 0 aliphatic carbocycles. The van der Waals surface area contributed by atoms with Crippen LogP contribution in [0.25, 0.3) is 129 Å². The van der Waals surface area contributed by atoms with E-state index in [0.29, 0.717) is 0 Å². The average Bonchev–Trinajstić information content (AvgIpc) is 3.64. The molecule has 57 heavy (non-hydrogen) atoms. The van der Waals surface area contributed by atoms with E-state index in [1.165, 1.54) is 129 Å². The van der Waals surface area contributed by atoms with Crippen LogP contribution in [0.5, 0.6) is 0 Å². The molecule has 12 aromatic carbocycles. The van der Waals surface area contributed by atoms with E-state index < -0.39 is 0 Å². The van der Waals surface area contributed by atoms with Gasteiger partial charge >= 0.3 is 0 Å². The predicted octanol–water partition coefficient (Wildman–Crippen LogP) is 16.6. The van der Waals surface area contributed by atoms with Crippen molar-refractivity contribution < 1.29 is 0 Å². The topological polar surface area (TPSA) is 0 Å². The van der Waals surface area contributed by atoms with Gasteiger partial charge in [-0.15, -0.1) is 11.3 Å². The lowest BCUT2D eigenvalue weighted by Gasteiger charge is -2.17. The molecular formula is C56H32S. The Kier molecular flexibility index (Phi) is 6.41. The van der Waals surface area contributed by atoms with Crippen LogP contribution in [-0.4, -0.2) is 0 Å². The van der Waals surface area contributed by atoms with Crippen molar-refractivity contribution in [1.82, 2.24) is 0 Å². The molecule has 262 valence electrons. The summed E-state index contributed by atoms with van der Waals surface area (Å²) in [7, 11) is 0. The van der Waals surface area contributed by atoms with Crippen LogP contribution >= 0.6 is 11.3 Å². The molecule has 0 unspecified atom stereocenters.